The Bertz CT molecular complexity index is 665. The average molecular weight is 270 g/mol. The molecule has 3 nitrogen and oxygen atoms in total. The molecule has 1 aliphatic rings. The standard InChI is InChI=1S/C15H14N2O.C2H6.H2/c1-2-3-5-11-14-10-6-4-9-16-12(10)7-8-13(14)17-15(11)18;1-2;/h4-9H,2-3H2,1H3,(H,17,18);1-2H3;1H/b11-5-;;. The largest absolute Gasteiger partial charge is 0.321 e. The summed E-state index contributed by atoms with van der Waals surface area (Å²) in [7, 11) is 0. The summed E-state index contributed by atoms with van der Waals surface area (Å²) < 4.78 is 0. The van der Waals surface area contributed by atoms with Gasteiger partial charge in [0.25, 0.3) is 5.91 Å². The molecule has 0 fully saturated rings. The van der Waals surface area contributed by atoms with Crippen LogP contribution in [0.1, 0.15) is 40.6 Å². The van der Waals surface area contributed by atoms with E-state index in [2.05, 4.69) is 17.2 Å². The zero-order valence-corrected chi connectivity index (χ0v) is 12.2. The molecular formula is C17H22N2O. The SMILES string of the molecule is CC.CCC/C=C1\C(=O)Nc2ccc3ncccc3c21.[HH]. The molecule has 1 N–H and O–H groups in total. The zero-order valence-electron chi connectivity index (χ0n) is 12.2. The molecule has 3 heteroatoms. The lowest BCUT2D eigenvalue weighted by atomic mass is 10.0. The predicted octanol–water partition coefficient (Wildman–Crippen LogP) is 4.64. The van der Waals surface area contributed by atoms with Crippen molar-refractivity contribution in [2.45, 2.75) is 33.6 Å². The number of nitrogens with zero attached hydrogens (tertiary/aromatic N) is 1. The number of anilines is 1. The zero-order chi connectivity index (χ0) is 14.5. The van der Waals surface area contributed by atoms with Crippen molar-refractivity contribution >= 4 is 28.1 Å². The number of allylic oxidation sites excluding steroid dienone is 1. The Labute approximate surface area is 121 Å². The normalized spacial score (nSPS) is 14.8. The Balaban J connectivity index is 0.000000706. The monoisotopic (exact) mass is 270 g/mol. The Morgan fingerprint density at radius 2 is 2.10 bits per heavy atom. The number of rotatable bonds is 2. The first-order valence-corrected chi connectivity index (χ1v) is 7.21. The lowest BCUT2D eigenvalue weighted by Crippen LogP contribution is -2.03. The van der Waals surface area contributed by atoms with Gasteiger partial charge in [-0.25, -0.2) is 0 Å². The fourth-order valence-corrected chi connectivity index (χ4v) is 2.33. The van der Waals surface area contributed by atoms with Crippen LogP contribution in [0.2, 0.25) is 0 Å². The lowest BCUT2D eigenvalue weighted by Gasteiger charge is -2.03. The summed E-state index contributed by atoms with van der Waals surface area (Å²) in [6, 6.07) is 7.79. The predicted molar refractivity (Wildman–Crippen MR) is 86.7 cm³/mol. The van der Waals surface area contributed by atoms with Gasteiger partial charge in [0, 0.05) is 29.8 Å². The van der Waals surface area contributed by atoms with Gasteiger partial charge < -0.3 is 5.32 Å². The number of pyridine rings is 1. The molecule has 0 radical (unpaired) electrons. The Morgan fingerprint density at radius 3 is 2.85 bits per heavy atom. The van der Waals surface area contributed by atoms with Crippen molar-refractivity contribution in [3.8, 4) is 0 Å². The molecule has 0 saturated heterocycles. The molecule has 1 amide bonds. The Kier molecular flexibility index (Phi) is 4.51. The van der Waals surface area contributed by atoms with Crippen molar-refractivity contribution < 1.29 is 6.22 Å². The number of amides is 1. The smallest absolute Gasteiger partial charge is 0.256 e. The van der Waals surface area contributed by atoms with Crippen LogP contribution >= 0.6 is 0 Å². The highest BCUT2D eigenvalue weighted by atomic mass is 16.2. The molecule has 2 aromatic rings. The summed E-state index contributed by atoms with van der Waals surface area (Å²) in [6.45, 7) is 6.11. The number of hydrogen-bond donors (Lipinski definition) is 1. The molecule has 1 aliphatic heterocycles. The first kappa shape index (κ1) is 14.3. The summed E-state index contributed by atoms with van der Waals surface area (Å²) in [5.41, 5.74) is 3.60. The first-order chi connectivity index (χ1) is 9.81. The van der Waals surface area contributed by atoms with Crippen LogP contribution in [0.15, 0.2) is 36.5 Å². The van der Waals surface area contributed by atoms with Crippen LogP contribution in [0.5, 0.6) is 0 Å². The van der Waals surface area contributed by atoms with E-state index in [0.29, 0.717) is 0 Å². The molecule has 1 aromatic heterocycles. The fourth-order valence-electron chi connectivity index (χ4n) is 2.33. The number of carbonyl (C=O) groups excluding carboxylic acids is 1. The van der Waals surface area contributed by atoms with Crippen LogP contribution in [0.3, 0.4) is 0 Å². The van der Waals surface area contributed by atoms with Gasteiger partial charge in [-0.05, 0) is 24.6 Å². The maximum atomic E-state index is 12.0. The van der Waals surface area contributed by atoms with E-state index >= 15 is 0 Å². The molecule has 1 aromatic carbocycles. The van der Waals surface area contributed by atoms with E-state index in [0.717, 1.165) is 40.6 Å². The molecule has 0 unspecified atom stereocenters. The quantitative estimate of drug-likeness (QED) is 0.807. The van der Waals surface area contributed by atoms with E-state index < -0.39 is 0 Å². The van der Waals surface area contributed by atoms with Crippen molar-refractivity contribution in [2.24, 2.45) is 0 Å². The van der Waals surface area contributed by atoms with Gasteiger partial charge >= 0.3 is 0 Å². The second-order valence-corrected chi connectivity index (χ2v) is 4.42. The van der Waals surface area contributed by atoms with E-state index in [9.17, 15) is 4.79 Å². The average Bonchev–Trinajstić information content (AvgIpc) is 2.83. The maximum Gasteiger partial charge on any atom is 0.256 e. The fraction of sp³-hybridized carbons (Fsp3) is 0.294. The number of carbonyl (C=O) groups is 1. The highest BCUT2D eigenvalue weighted by molar-refractivity contribution is 6.34. The number of hydrogen-bond acceptors (Lipinski definition) is 2. The van der Waals surface area contributed by atoms with Gasteiger partial charge in [-0.15, -0.1) is 0 Å². The molecule has 0 spiro atoms. The van der Waals surface area contributed by atoms with Crippen molar-refractivity contribution in [3.63, 3.8) is 0 Å². The van der Waals surface area contributed by atoms with Gasteiger partial charge in [-0.1, -0.05) is 39.3 Å². The highest BCUT2D eigenvalue weighted by Gasteiger charge is 2.25. The minimum Gasteiger partial charge on any atom is -0.321 e. The summed E-state index contributed by atoms with van der Waals surface area (Å²) in [5, 5.41) is 3.95. The first-order valence-electron chi connectivity index (χ1n) is 7.21. The van der Waals surface area contributed by atoms with Gasteiger partial charge in [-0.2, -0.15) is 0 Å². The van der Waals surface area contributed by atoms with Gasteiger partial charge in [0.15, 0.2) is 0 Å². The third kappa shape index (κ3) is 2.44. The topological polar surface area (TPSA) is 42.0 Å². The van der Waals surface area contributed by atoms with Crippen LogP contribution < -0.4 is 5.32 Å². The van der Waals surface area contributed by atoms with Crippen LogP contribution in [0.4, 0.5) is 5.69 Å². The molecule has 3 rings (SSSR count). The van der Waals surface area contributed by atoms with Gasteiger partial charge in [0.1, 0.15) is 0 Å². The third-order valence-corrected chi connectivity index (χ3v) is 3.18. The molecule has 0 aliphatic carbocycles. The second kappa shape index (κ2) is 6.33. The number of aromatic nitrogens is 1. The molecule has 0 atom stereocenters. The number of fused-ring (bicyclic) bond motifs is 3. The van der Waals surface area contributed by atoms with Gasteiger partial charge in [0.05, 0.1) is 5.52 Å². The van der Waals surface area contributed by atoms with E-state index in [1.165, 1.54) is 0 Å². The third-order valence-electron chi connectivity index (χ3n) is 3.18. The Morgan fingerprint density at radius 1 is 1.30 bits per heavy atom. The van der Waals surface area contributed by atoms with E-state index in [-0.39, 0.29) is 7.33 Å². The van der Waals surface area contributed by atoms with Gasteiger partial charge in [-0.3, -0.25) is 9.78 Å². The van der Waals surface area contributed by atoms with Crippen LogP contribution in [0.25, 0.3) is 16.5 Å². The number of unbranched alkanes of at least 4 members (excludes halogenated alkanes) is 1. The summed E-state index contributed by atoms with van der Waals surface area (Å²) in [4.78, 5) is 16.3. The highest BCUT2D eigenvalue weighted by Crippen LogP contribution is 2.37. The Hall–Kier alpha value is -2.16. The molecule has 106 valence electrons. The molecule has 0 bridgehead atoms. The van der Waals surface area contributed by atoms with Crippen molar-refractivity contribution in [1.29, 1.82) is 0 Å². The van der Waals surface area contributed by atoms with Crippen LogP contribution in [-0.2, 0) is 4.79 Å². The number of benzene rings is 1. The summed E-state index contributed by atoms with van der Waals surface area (Å²) in [5.74, 6) is -0.00481. The van der Waals surface area contributed by atoms with Gasteiger partial charge in [0.2, 0.25) is 0 Å². The minimum atomic E-state index is -0.00481. The molecular weight excluding hydrogens is 248 g/mol. The van der Waals surface area contributed by atoms with Crippen molar-refractivity contribution in [1.82, 2.24) is 4.98 Å². The molecule has 0 saturated carbocycles. The summed E-state index contributed by atoms with van der Waals surface area (Å²) in [6.07, 6.45) is 5.75. The van der Waals surface area contributed by atoms with Crippen molar-refractivity contribution in [2.75, 3.05) is 5.32 Å². The van der Waals surface area contributed by atoms with Crippen LogP contribution in [-0.4, -0.2) is 10.9 Å². The van der Waals surface area contributed by atoms with Crippen LogP contribution in [0, 0.1) is 0 Å². The second-order valence-electron chi connectivity index (χ2n) is 4.42. The van der Waals surface area contributed by atoms with E-state index in [1.54, 1.807) is 6.20 Å². The minimum absolute atomic E-state index is 0. The lowest BCUT2D eigenvalue weighted by molar-refractivity contribution is -0.110. The van der Waals surface area contributed by atoms with Crippen molar-refractivity contribution in [3.05, 3.63) is 42.1 Å². The summed E-state index contributed by atoms with van der Waals surface area (Å²) >= 11 is 0. The molecule has 2 heterocycles. The number of nitrogens with one attached hydrogen (secondary N) is 1. The van der Waals surface area contributed by atoms with E-state index in [1.807, 2.05) is 44.2 Å². The maximum absolute atomic E-state index is 12.0. The molecule has 20 heavy (non-hydrogen) atoms. The van der Waals surface area contributed by atoms with E-state index in [4.69, 9.17) is 0 Å².